The zero-order valence-corrected chi connectivity index (χ0v) is 10.9. The first-order valence-electron chi connectivity index (χ1n) is 5.46. The third-order valence-corrected chi connectivity index (χ3v) is 3.02. The highest BCUT2D eigenvalue weighted by molar-refractivity contribution is 6.32. The van der Waals surface area contributed by atoms with Crippen LogP contribution in [0, 0.1) is 11.3 Å². The van der Waals surface area contributed by atoms with Gasteiger partial charge >= 0.3 is 12.1 Å². The number of alkyl halides is 3. The largest absolute Gasteiger partial charge is 0.478 e. The molecule has 0 saturated heterocycles. The maximum atomic E-state index is 12.8. The molecule has 1 aromatic carbocycles. The van der Waals surface area contributed by atoms with Crippen molar-refractivity contribution in [3.8, 4) is 11.8 Å². The van der Waals surface area contributed by atoms with Gasteiger partial charge in [0.25, 0.3) is 0 Å². The molecule has 0 amide bonds. The maximum absolute atomic E-state index is 12.8. The summed E-state index contributed by atoms with van der Waals surface area (Å²) in [7, 11) is 0. The number of carboxylic acids is 1. The number of nitrogens with zero attached hydrogens (tertiary/aromatic N) is 2. The Labute approximate surface area is 121 Å². The Hall–Kier alpha value is -2.46. The summed E-state index contributed by atoms with van der Waals surface area (Å²) in [4.78, 5) is 10.9. The van der Waals surface area contributed by atoms with Crippen molar-refractivity contribution in [2.24, 2.45) is 0 Å². The lowest BCUT2D eigenvalue weighted by molar-refractivity contribution is -0.138. The molecule has 1 N–H and O–H groups in total. The molecule has 108 valence electrons. The number of aromatic nitrogens is 1. The van der Waals surface area contributed by atoms with Crippen LogP contribution >= 0.6 is 11.6 Å². The summed E-state index contributed by atoms with van der Waals surface area (Å²) >= 11 is 5.90. The second-order valence-corrected chi connectivity index (χ2v) is 4.48. The molecule has 2 aromatic rings. The Bertz CT molecular complexity index is 760. The van der Waals surface area contributed by atoms with Crippen LogP contribution in [0.3, 0.4) is 0 Å². The highest BCUT2D eigenvalue weighted by atomic mass is 35.5. The van der Waals surface area contributed by atoms with Gasteiger partial charge in [0.15, 0.2) is 0 Å². The van der Waals surface area contributed by atoms with Gasteiger partial charge < -0.3 is 9.67 Å². The van der Waals surface area contributed by atoms with E-state index >= 15 is 0 Å². The van der Waals surface area contributed by atoms with Crippen LogP contribution in [0.5, 0.6) is 0 Å². The molecule has 21 heavy (non-hydrogen) atoms. The molecule has 0 saturated carbocycles. The van der Waals surface area contributed by atoms with Gasteiger partial charge in [0, 0.05) is 12.4 Å². The van der Waals surface area contributed by atoms with Crippen LogP contribution in [-0.4, -0.2) is 15.6 Å². The lowest BCUT2D eigenvalue weighted by Gasteiger charge is -2.06. The van der Waals surface area contributed by atoms with Gasteiger partial charge in [-0.3, -0.25) is 0 Å². The SMILES string of the molecule is N#Cc1ccc(-n2cc(C(=O)O)c(C(F)(F)F)c2)c(Cl)c1. The van der Waals surface area contributed by atoms with E-state index in [1.807, 2.05) is 6.07 Å². The molecule has 4 nitrogen and oxygen atoms in total. The van der Waals surface area contributed by atoms with Crippen molar-refractivity contribution >= 4 is 17.6 Å². The highest BCUT2D eigenvalue weighted by Gasteiger charge is 2.37. The molecule has 0 fully saturated rings. The van der Waals surface area contributed by atoms with Crippen molar-refractivity contribution < 1.29 is 23.1 Å². The molecule has 0 unspecified atom stereocenters. The molecule has 0 atom stereocenters. The number of rotatable bonds is 2. The third kappa shape index (κ3) is 2.85. The second kappa shape index (κ2) is 5.14. The van der Waals surface area contributed by atoms with E-state index in [1.54, 1.807) is 0 Å². The van der Waals surface area contributed by atoms with Crippen LogP contribution in [0.1, 0.15) is 21.5 Å². The minimum atomic E-state index is -4.79. The summed E-state index contributed by atoms with van der Waals surface area (Å²) in [6.07, 6.45) is -3.31. The smallest absolute Gasteiger partial charge is 0.418 e. The van der Waals surface area contributed by atoms with E-state index in [4.69, 9.17) is 22.0 Å². The topological polar surface area (TPSA) is 66.0 Å². The Balaban J connectivity index is 2.61. The van der Waals surface area contributed by atoms with Crippen molar-refractivity contribution in [1.29, 1.82) is 5.26 Å². The average molecular weight is 315 g/mol. The van der Waals surface area contributed by atoms with E-state index in [0.717, 1.165) is 10.8 Å². The molecule has 0 aliphatic rings. The normalized spacial score (nSPS) is 11.2. The minimum absolute atomic E-state index is 0.0368. The number of carboxylic acid groups (broad SMARTS) is 1. The van der Waals surface area contributed by atoms with Gasteiger partial charge in [-0.2, -0.15) is 18.4 Å². The number of hydrogen-bond donors (Lipinski definition) is 1. The van der Waals surface area contributed by atoms with Crippen LogP contribution in [0.15, 0.2) is 30.6 Å². The van der Waals surface area contributed by atoms with Crippen LogP contribution in [0.25, 0.3) is 5.69 Å². The first kappa shape index (κ1) is 14.9. The van der Waals surface area contributed by atoms with Crippen molar-refractivity contribution in [2.75, 3.05) is 0 Å². The molecular formula is C13H6ClF3N2O2. The monoisotopic (exact) mass is 314 g/mol. The Kier molecular flexibility index (Phi) is 3.66. The van der Waals surface area contributed by atoms with Gasteiger partial charge in [0.05, 0.1) is 33.5 Å². The van der Waals surface area contributed by atoms with Gasteiger partial charge in [0.2, 0.25) is 0 Å². The molecule has 0 aliphatic carbocycles. The molecule has 8 heteroatoms. The standard InChI is InChI=1S/C13H6ClF3N2O2/c14-10-3-7(4-18)1-2-11(10)19-5-8(12(20)21)9(6-19)13(15,16)17/h1-3,5-6H,(H,20,21). The fraction of sp³-hybridized carbons (Fsp3) is 0.0769. The predicted octanol–water partition coefficient (Wildman–Crippen LogP) is 3.72. The molecule has 0 radical (unpaired) electrons. The number of halogens is 4. The molecular weight excluding hydrogens is 309 g/mol. The summed E-state index contributed by atoms with van der Waals surface area (Å²) in [6.45, 7) is 0. The molecule has 2 rings (SSSR count). The average Bonchev–Trinajstić information content (AvgIpc) is 2.83. The van der Waals surface area contributed by atoms with Gasteiger partial charge in [-0.25, -0.2) is 4.79 Å². The zero-order chi connectivity index (χ0) is 15.8. The summed E-state index contributed by atoms with van der Waals surface area (Å²) in [5.74, 6) is -1.69. The van der Waals surface area contributed by atoms with Gasteiger partial charge in [0.1, 0.15) is 0 Å². The molecule has 1 aromatic heterocycles. The van der Waals surface area contributed by atoms with Gasteiger partial charge in [-0.1, -0.05) is 11.6 Å². The summed E-state index contributed by atoms with van der Waals surface area (Å²) < 4.78 is 39.4. The minimum Gasteiger partial charge on any atom is -0.478 e. The zero-order valence-electron chi connectivity index (χ0n) is 10.1. The van der Waals surface area contributed by atoms with Crippen molar-refractivity contribution in [1.82, 2.24) is 4.57 Å². The first-order chi connectivity index (χ1) is 9.74. The Morgan fingerprint density at radius 2 is 2.00 bits per heavy atom. The van der Waals surface area contributed by atoms with Gasteiger partial charge in [-0.05, 0) is 18.2 Å². The molecule has 0 bridgehead atoms. The fourth-order valence-electron chi connectivity index (χ4n) is 1.78. The predicted molar refractivity (Wildman–Crippen MR) is 67.5 cm³/mol. The van der Waals surface area contributed by atoms with E-state index in [0.29, 0.717) is 6.20 Å². The van der Waals surface area contributed by atoms with Crippen LogP contribution in [-0.2, 0) is 6.18 Å². The van der Waals surface area contributed by atoms with E-state index in [-0.39, 0.29) is 16.3 Å². The Morgan fingerprint density at radius 1 is 1.33 bits per heavy atom. The van der Waals surface area contributed by atoms with Crippen LogP contribution in [0.4, 0.5) is 13.2 Å². The highest BCUT2D eigenvalue weighted by Crippen LogP contribution is 2.34. The number of benzene rings is 1. The number of aromatic carboxylic acids is 1. The van der Waals surface area contributed by atoms with Crippen LogP contribution in [0.2, 0.25) is 5.02 Å². The number of carbonyl (C=O) groups is 1. The molecule has 0 aliphatic heterocycles. The number of hydrogen-bond acceptors (Lipinski definition) is 2. The van der Waals surface area contributed by atoms with E-state index in [9.17, 15) is 18.0 Å². The quantitative estimate of drug-likeness (QED) is 0.918. The summed E-state index contributed by atoms with van der Waals surface area (Å²) in [5.41, 5.74) is -1.75. The van der Waals surface area contributed by atoms with E-state index in [2.05, 4.69) is 0 Å². The van der Waals surface area contributed by atoms with Crippen molar-refractivity contribution in [3.63, 3.8) is 0 Å². The van der Waals surface area contributed by atoms with Crippen molar-refractivity contribution in [3.05, 3.63) is 52.3 Å². The number of nitriles is 1. The lowest BCUT2D eigenvalue weighted by atomic mass is 10.2. The van der Waals surface area contributed by atoms with E-state index < -0.39 is 23.3 Å². The van der Waals surface area contributed by atoms with Gasteiger partial charge in [-0.15, -0.1) is 0 Å². The molecule has 0 spiro atoms. The van der Waals surface area contributed by atoms with E-state index in [1.165, 1.54) is 18.2 Å². The third-order valence-electron chi connectivity index (χ3n) is 2.72. The fourth-order valence-corrected chi connectivity index (χ4v) is 2.05. The molecule has 1 heterocycles. The maximum Gasteiger partial charge on any atom is 0.418 e. The lowest BCUT2D eigenvalue weighted by Crippen LogP contribution is -2.09. The van der Waals surface area contributed by atoms with Crippen LogP contribution < -0.4 is 0 Å². The second-order valence-electron chi connectivity index (χ2n) is 4.07. The first-order valence-corrected chi connectivity index (χ1v) is 5.84. The van der Waals surface area contributed by atoms with Crippen molar-refractivity contribution in [2.45, 2.75) is 6.18 Å². The summed E-state index contributed by atoms with van der Waals surface area (Å²) in [6, 6.07) is 5.83. The summed E-state index contributed by atoms with van der Waals surface area (Å²) in [5, 5.41) is 17.6. The Morgan fingerprint density at radius 3 is 2.43 bits per heavy atom.